The molecule has 138 valence electrons. The van der Waals surface area contributed by atoms with Crippen LogP contribution in [0.5, 0.6) is 0 Å². The Labute approximate surface area is 144 Å². The van der Waals surface area contributed by atoms with Crippen LogP contribution in [-0.2, 0) is 9.47 Å². The molecular weight excluding hydrogens is 310 g/mol. The van der Waals surface area contributed by atoms with E-state index in [9.17, 15) is 9.59 Å². The summed E-state index contributed by atoms with van der Waals surface area (Å²) in [6.07, 6.45) is -0.250. The maximum absolute atomic E-state index is 12.3. The van der Waals surface area contributed by atoms with Crippen molar-refractivity contribution in [3.63, 3.8) is 0 Å². The Morgan fingerprint density at radius 2 is 1.83 bits per heavy atom. The van der Waals surface area contributed by atoms with Gasteiger partial charge in [-0.15, -0.1) is 0 Å². The minimum absolute atomic E-state index is 0.0332. The highest BCUT2D eigenvalue weighted by molar-refractivity contribution is 5.74. The molecule has 2 aliphatic heterocycles. The normalized spacial score (nSPS) is 24.3. The average Bonchev–Trinajstić information content (AvgIpc) is 2.31. The van der Waals surface area contributed by atoms with Crippen molar-refractivity contribution in [1.82, 2.24) is 15.1 Å². The Bertz CT molecular complexity index is 481. The lowest BCUT2D eigenvalue weighted by molar-refractivity contribution is -0.117. The van der Waals surface area contributed by atoms with Crippen LogP contribution in [0, 0.1) is 5.92 Å². The fraction of sp³-hybridized carbons (Fsp3) is 0.882. The van der Waals surface area contributed by atoms with E-state index >= 15 is 0 Å². The summed E-state index contributed by atoms with van der Waals surface area (Å²) in [7, 11) is 0. The van der Waals surface area contributed by atoms with E-state index in [2.05, 4.69) is 5.32 Å². The smallest absolute Gasteiger partial charge is 0.410 e. The Morgan fingerprint density at radius 3 is 2.38 bits per heavy atom. The second-order valence-electron chi connectivity index (χ2n) is 8.51. The molecule has 0 saturated carbocycles. The maximum atomic E-state index is 12.3. The minimum Gasteiger partial charge on any atom is -0.444 e. The van der Waals surface area contributed by atoms with Crippen LogP contribution in [0.1, 0.15) is 41.5 Å². The van der Waals surface area contributed by atoms with Gasteiger partial charge in [-0.1, -0.05) is 0 Å². The third-order valence-electron chi connectivity index (χ3n) is 4.01. The van der Waals surface area contributed by atoms with Gasteiger partial charge in [0.25, 0.3) is 0 Å². The predicted molar refractivity (Wildman–Crippen MR) is 90.9 cm³/mol. The van der Waals surface area contributed by atoms with Gasteiger partial charge in [-0.2, -0.15) is 0 Å². The van der Waals surface area contributed by atoms with Crippen molar-refractivity contribution < 1.29 is 19.1 Å². The van der Waals surface area contributed by atoms with Crippen LogP contribution in [0.15, 0.2) is 0 Å². The summed E-state index contributed by atoms with van der Waals surface area (Å²) in [5.41, 5.74) is -0.796. The zero-order chi connectivity index (χ0) is 18.1. The zero-order valence-corrected chi connectivity index (χ0v) is 15.7. The largest absolute Gasteiger partial charge is 0.444 e. The second-order valence-corrected chi connectivity index (χ2v) is 8.51. The number of nitrogens with zero attached hydrogens (tertiary/aromatic N) is 2. The number of carbonyl (C=O) groups excluding carboxylic acids is 2. The number of hydrogen-bond acceptors (Lipinski definition) is 4. The van der Waals surface area contributed by atoms with Crippen LogP contribution in [0.3, 0.4) is 0 Å². The van der Waals surface area contributed by atoms with Gasteiger partial charge in [-0.25, -0.2) is 9.59 Å². The molecule has 3 amide bonds. The highest BCUT2D eigenvalue weighted by Crippen LogP contribution is 2.21. The van der Waals surface area contributed by atoms with E-state index in [1.807, 2.05) is 41.5 Å². The molecule has 0 aromatic rings. The number of hydrogen-bond donors (Lipinski definition) is 1. The number of carbonyl (C=O) groups is 2. The SMILES string of the molecule is CC1CN(C(=O)NCC2CN(C(=O)OC(C)(C)C)C2)CC(C)(C)O1. The van der Waals surface area contributed by atoms with Gasteiger partial charge in [0.1, 0.15) is 5.60 Å². The van der Waals surface area contributed by atoms with E-state index in [4.69, 9.17) is 9.47 Å². The van der Waals surface area contributed by atoms with Crippen LogP contribution < -0.4 is 5.32 Å². The van der Waals surface area contributed by atoms with Crippen molar-refractivity contribution in [3.05, 3.63) is 0 Å². The Kier molecular flexibility index (Phi) is 5.32. The molecule has 1 atom stereocenters. The summed E-state index contributed by atoms with van der Waals surface area (Å²) in [6, 6.07) is -0.0612. The molecule has 0 radical (unpaired) electrons. The number of amides is 3. The Morgan fingerprint density at radius 1 is 1.21 bits per heavy atom. The van der Waals surface area contributed by atoms with Crippen LogP contribution in [0.4, 0.5) is 9.59 Å². The van der Waals surface area contributed by atoms with Gasteiger partial charge in [-0.3, -0.25) is 0 Å². The quantitative estimate of drug-likeness (QED) is 0.834. The summed E-state index contributed by atoms with van der Waals surface area (Å²) in [5, 5.41) is 2.97. The Hall–Kier alpha value is -1.50. The molecule has 1 N–H and O–H groups in total. The monoisotopic (exact) mass is 341 g/mol. The van der Waals surface area contributed by atoms with Gasteiger partial charge >= 0.3 is 12.1 Å². The highest BCUT2D eigenvalue weighted by atomic mass is 16.6. The lowest BCUT2D eigenvalue weighted by Gasteiger charge is -2.42. The van der Waals surface area contributed by atoms with E-state index in [0.717, 1.165) is 0 Å². The van der Waals surface area contributed by atoms with Gasteiger partial charge in [0.2, 0.25) is 0 Å². The molecule has 2 heterocycles. The first-order valence-electron chi connectivity index (χ1n) is 8.64. The molecule has 2 aliphatic rings. The number of rotatable bonds is 2. The summed E-state index contributed by atoms with van der Waals surface area (Å²) in [5.74, 6) is 0.285. The zero-order valence-electron chi connectivity index (χ0n) is 15.7. The van der Waals surface area contributed by atoms with Gasteiger partial charge in [-0.05, 0) is 41.5 Å². The minimum atomic E-state index is -0.476. The predicted octanol–water partition coefficient (Wildman–Crippen LogP) is 2.06. The van der Waals surface area contributed by atoms with Crippen molar-refractivity contribution in [3.8, 4) is 0 Å². The fourth-order valence-electron chi connectivity index (χ4n) is 3.13. The third-order valence-corrected chi connectivity index (χ3v) is 4.01. The standard InChI is InChI=1S/C17H31N3O4/c1-12-8-20(11-17(5,6)23-12)14(21)18-7-13-9-19(10-13)15(22)24-16(2,3)4/h12-13H,7-11H2,1-6H3,(H,18,21). The molecule has 0 aliphatic carbocycles. The van der Waals surface area contributed by atoms with E-state index in [1.165, 1.54) is 0 Å². The molecular formula is C17H31N3O4. The van der Waals surface area contributed by atoms with Crippen molar-refractivity contribution in [2.75, 3.05) is 32.7 Å². The first-order chi connectivity index (χ1) is 11.0. The lowest BCUT2D eigenvalue weighted by atomic mass is 10.0. The molecule has 24 heavy (non-hydrogen) atoms. The third kappa shape index (κ3) is 5.26. The van der Waals surface area contributed by atoms with Crippen molar-refractivity contribution >= 4 is 12.1 Å². The summed E-state index contributed by atoms with van der Waals surface area (Å²) in [4.78, 5) is 27.7. The lowest BCUT2D eigenvalue weighted by Crippen LogP contribution is -2.58. The topological polar surface area (TPSA) is 71.1 Å². The Balaban J connectivity index is 1.70. The molecule has 7 heteroatoms. The molecule has 7 nitrogen and oxygen atoms in total. The van der Waals surface area contributed by atoms with Crippen LogP contribution in [0.25, 0.3) is 0 Å². The molecule has 2 saturated heterocycles. The van der Waals surface area contributed by atoms with Gasteiger partial charge in [0, 0.05) is 32.1 Å². The van der Waals surface area contributed by atoms with Gasteiger partial charge in [0.15, 0.2) is 0 Å². The summed E-state index contributed by atoms with van der Waals surface area (Å²) in [6.45, 7) is 14.5. The van der Waals surface area contributed by atoms with Crippen molar-refractivity contribution in [2.24, 2.45) is 5.92 Å². The summed E-state index contributed by atoms with van der Waals surface area (Å²) < 4.78 is 11.1. The highest BCUT2D eigenvalue weighted by Gasteiger charge is 2.36. The fourth-order valence-corrected chi connectivity index (χ4v) is 3.13. The average molecular weight is 341 g/mol. The van der Waals surface area contributed by atoms with E-state index in [1.54, 1.807) is 9.80 Å². The molecule has 0 aromatic heterocycles. The molecule has 0 aromatic carbocycles. The van der Waals surface area contributed by atoms with Crippen molar-refractivity contribution in [2.45, 2.75) is 58.8 Å². The molecule has 2 rings (SSSR count). The summed E-state index contributed by atoms with van der Waals surface area (Å²) >= 11 is 0. The molecule has 2 fully saturated rings. The number of ether oxygens (including phenoxy) is 2. The van der Waals surface area contributed by atoms with Crippen LogP contribution in [-0.4, -0.2) is 72.0 Å². The molecule has 0 spiro atoms. The van der Waals surface area contributed by atoms with Gasteiger partial charge < -0.3 is 24.6 Å². The second kappa shape index (κ2) is 6.78. The first-order valence-corrected chi connectivity index (χ1v) is 8.64. The van der Waals surface area contributed by atoms with Gasteiger partial charge in [0.05, 0.1) is 18.2 Å². The first kappa shape index (κ1) is 18.8. The number of morpholine rings is 1. The molecule has 1 unspecified atom stereocenters. The number of nitrogens with one attached hydrogen (secondary N) is 1. The number of likely N-dealkylation sites (tertiary alicyclic amines) is 1. The van der Waals surface area contributed by atoms with Crippen LogP contribution >= 0.6 is 0 Å². The van der Waals surface area contributed by atoms with E-state index in [-0.39, 0.29) is 29.7 Å². The maximum Gasteiger partial charge on any atom is 0.410 e. The van der Waals surface area contributed by atoms with Crippen LogP contribution in [0.2, 0.25) is 0 Å². The van der Waals surface area contributed by atoms with Crippen molar-refractivity contribution in [1.29, 1.82) is 0 Å². The number of urea groups is 1. The van der Waals surface area contributed by atoms with E-state index in [0.29, 0.717) is 32.7 Å². The molecule has 0 bridgehead atoms. The van der Waals surface area contributed by atoms with E-state index < -0.39 is 5.60 Å².